The van der Waals surface area contributed by atoms with Crippen LogP contribution in [-0.2, 0) is 0 Å². The molecule has 5 nitrogen and oxygen atoms in total. The van der Waals surface area contributed by atoms with E-state index in [0.717, 1.165) is 18.8 Å². The second-order valence-electron chi connectivity index (χ2n) is 2.88. The SMILES string of the molecule is CN(C)c1nnc(Sc2ncc(N)s2)s1. The van der Waals surface area contributed by atoms with Crippen LogP contribution < -0.4 is 10.6 Å². The van der Waals surface area contributed by atoms with Crippen LogP contribution in [-0.4, -0.2) is 29.3 Å². The van der Waals surface area contributed by atoms with Crippen molar-refractivity contribution in [2.45, 2.75) is 8.68 Å². The van der Waals surface area contributed by atoms with E-state index in [2.05, 4.69) is 15.2 Å². The molecule has 0 spiro atoms. The highest BCUT2D eigenvalue weighted by Crippen LogP contribution is 2.35. The third kappa shape index (κ3) is 2.58. The Morgan fingerprint density at radius 1 is 1.27 bits per heavy atom. The zero-order valence-electron chi connectivity index (χ0n) is 8.17. The van der Waals surface area contributed by atoms with E-state index in [4.69, 9.17) is 5.73 Å². The van der Waals surface area contributed by atoms with Gasteiger partial charge in [-0.3, -0.25) is 0 Å². The summed E-state index contributed by atoms with van der Waals surface area (Å²) in [5.41, 5.74) is 5.59. The van der Waals surface area contributed by atoms with E-state index >= 15 is 0 Å². The maximum Gasteiger partial charge on any atom is 0.208 e. The lowest BCUT2D eigenvalue weighted by Crippen LogP contribution is -2.07. The average Bonchev–Trinajstić information content (AvgIpc) is 2.76. The second-order valence-corrected chi connectivity index (χ2v) is 6.39. The first kappa shape index (κ1) is 10.7. The van der Waals surface area contributed by atoms with E-state index in [9.17, 15) is 0 Å². The molecule has 0 saturated heterocycles. The molecule has 0 bridgehead atoms. The van der Waals surface area contributed by atoms with Crippen molar-refractivity contribution < 1.29 is 0 Å². The van der Waals surface area contributed by atoms with E-state index in [1.54, 1.807) is 6.20 Å². The van der Waals surface area contributed by atoms with Gasteiger partial charge in [-0.2, -0.15) is 0 Å². The van der Waals surface area contributed by atoms with Crippen LogP contribution in [0.15, 0.2) is 14.9 Å². The summed E-state index contributed by atoms with van der Waals surface area (Å²) in [6, 6.07) is 0. The van der Waals surface area contributed by atoms with Gasteiger partial charge < -0.3 is 10.6 Å². The average molecular weight is 259 g/mol. The molecule has 0 aromatic carbocycles. The molecule has 0 unspecified atom stereocenters. The van der Waals surface area contributed by atoms with Gasteiger partial charge in [0.25, 0.3) is 0 Å². The summed E-state index contributed by atoms with van der Waals surface area (Å²) in [4.78, 5) is 6.08. The number of hydrogen-bond acceptors (Lipinski definition) is 8. The third-order valence-corrected chi connectivity index (χ3v) is 4.50. The number of aromatic nitrogens is 3. The van der Waals surface area contributed by atoms with Crippen molar-refractivity contribution in [1.29, 1.82) is 0 Å². The topological polar surface area (TPSA) is 67.9 Å². The predicted molar refractivity (Wildman–Crippen MR) is 64.9 cm³/mol. The van der Waals surface area contributed by atoms with Crippen LogP contribution in [0.25, 0.3) is 0 Å². The fourth-order valence-corrected chi connectivity index (χ4v) is 3.54. The summed E-state index contributed by atoms with van der Waals surface area (Å²) in [6.45, 7) is 0. The lowest BCUT2D eigenvalue weighted by Gasteiger charge is -2.03. The van der Waals surface area contributed by atoms with Crippen LogP contribution in [0.5, 0.6) is 0 Å². The lowest BCUT2D eigenvalue weighted by molar-refractivity contribution is 0.972. The normalized spacial score (nSPS) is 10.5. The van der Waals surface area contributed by atoms with Crippen LogP contribution in [0.1, 0.15) is 0 Å². The molecule has 2 rings (SSSR count). The molecule has 0 amide bonds. The summed E-state index contributed by atoms with van der Waals surface area (Å²) in [7, 11) is 3.88. The highest BCUT2D eigenvalue weighted by molar-refractivity contribution is 8.02. The molecular weight excluding hydrogens is 250 g/mol. The molecular formula is C7H9N5S3. The minimum atomic E-state index is 0.717. The first-order valence-corrected chi connectivity index (χ1v) is 6.50. The van der Waals surface area contributed by atoms with Gasteiger partial charge >= 0.3 is 0 Å². The molecule has 0 aliphatic carbocycles. The van der Waals surface area contributed by atoms with Crippen molar-refractivity contribution in [1.82, 2.24) is 15.2 Å². The molecule has 0 aliphatic rings. The summed E-state index contributed by atoms with van der Waals surface area (Å²) < 4.78 is 1.78. The van der Waals surface area contributed by atoms with Gasteiger partial charge in [0.15, 0.2) is 8.68 Å². The van der Waals surface area contributed by atoms with Gasteiger partial charge in [0.1, 0.15) is 5.00 Å². The monoisotopic (exact) mass is 259 g/mol. The van der Waals surface area contributed by atoms with E-state index in [-0.39, 0.29) is 0 Å². The Labute approximate surface area is 99.3 Å². The summed E-state index contributed by atoms with van der Waals surface area (Å²) >= 11 is 4.49. The van der Waals surface area contributed by atoms with E-state index in [0.29, 0.717) is 0 Å². The second kappa shape index (κ2) is 4.33. The summed E-state index contributed by atoms with van der Waals surface area (Å²) in [5, 5.41) is 9.70. The van der Waals surface area contributed by atoms with Crippen LogP contribution in [0.2, 0.25) is 0 Å². The van der Waals surface area contributed by atoms with Gasteiger partial charge in [0.05, 0.1) is 6.20 Å². The zero-order valence-corrected chi connectivity index (χ0v) is 10.6. The highest BCUT2D eigenvalue weighted by atomic mass is 32.2. The van der Waals surface area contributed by atoms with E-state index < -0.39 is 0 Å². The van der Waals surface area contributed by atoms with E-state index in [1.807, 2.05) is 19.0 Å². The molecule has 0 fully saturated rings. The Kier molecular flexibility index (Phi) is 3.08. The van der Waals surface area contributed by atoms with Crippen molar-refractivity contribution >= 4 is 44.6 Å². The van der Waals surface area contributed by atoms with Gasteiger partial charge in [-0.15, -0.1) is 10.2 Å². The molecule has 2 aromatic rings. The molecule has 0 aliphatic heterocycles. The molecule has 2 aromatic heterocycles. The minimum absolute atomic E-state index is 0.717. The first-order valence-electron chi connectivity index (χ1n) is 4.05. The fourth-order valence-electron chi connectivity index (χ4n) is 0.816. The van der Waals surface area contributed by atoms with Crippen molar-refractivity contribution in [2.75, 3.05) is 24.7 Å². The van der Waals surface area contributed by atoms with Crippen molar-refractivity contribution in [2.24, 2.45) is 0 Å². The highest BCUT2D eigenvalue weighted by Gasteiger charge is 2.09. The van der Waals surface area contributed by atoms with Crippen LogP contribution in [0, 0.1) is 0 Å². The fraction of sp³-hybridized carbons (Fsp3) is 0.286. The Balaban J connectivity index is 2.11. The Hall–Kier alpha value is -0.860. The number of rotatable bonds is 3. The third-order valence-electron chi connectivity index (χ3n) is 1.46. The number of nitrogen functional groups attached to an aromatic ring is 1. The molecule has 80 valence electrons. The van der Waals surface area contributed by atoms with Gasteiger partial charge in [-0.25, -0.2) is 4.98 Å². The minimum Gasteiger partial charge on any atom is -0.389 e. The molecule has 8 heteroatoms. The van der Waals surface area contributed by atoms with Crippen molar-refractivity contribution in [3.63, 3.8) is 0 Å². The first-order chi connectivity index (χ1) is 7.15. The van der Waals surface area contributed by atoms with Crippen LogP contribution in [0.3, 0.4) is 0 Å². The van der Waals surface area contributed by atoms with Gasteiger partial charge in [0, 0.05) is 14.1 Å². The Morgan fingerprint density at radius 2 is 2.07 bits per heavy atom. The smallest absolute Gasteiger partial charge is 0.208 e. The van der Waals surface area contributed by atoms with Crippen molar-refractivity contribution in [3.05, 3.63) is 6.20 Å². The quantitative estimate of drug-likeness (QED) is 0.906. The van der Waals surface area contributed by atoms with E-state index in [1.165, 1.54) is 34.4 Å². The number of anilines is 2. The van der Waals surface area contributed by atoms with Gasteiger partial charge in [-0.05, 0) is 11.8 Å². The van der Waals surface area contributed by atoms with Crippen LogP contribution in [0.4, 0.5) is 10.1 Å². The summed E-state index contributed by atoms with van der Waals surface area (Å²) in [6.07, 6.45) is 1.65. The Bertz CT molecular complexity index is 449. The summed E-state index contributed by atoms with van der Waals surface area (Å²) in [5.74, 6) is 0. The lowest BCUT2D eigenvalue weighted by atomic mass is 10.9. The molecule has 2 heterocycles. The maximum absolute atomic E-state index is 5.59. The van der Waals surface area contributed by atoms with Crippen LogP contribution >= 0.6 is 34.4 Å². The molecule has 15 heavy (non-hydrogen) atoms. The molecule has 0 atom stereocenters. The van der Waals surface area contributed by atoms with Gasteiger partial charge in [-0.1, -0.05) is 22.7 Å². The number of nitrogens with two attached hydrogens (primary N) is 1. The zero-order chi connectivity index (χ0) is 10.8. The Morgan fingerprint density at radius 3 is 2.60 bits per heavy atom. The molecule has 2 N–H and O–H groups in total. The number of hydrogen-bond donors (Lipinski definition) is 1. The predicted octanol–water partition coefficient (Wildman–Crippen LogP) is 1.79. The molecule has 0 radical (unpaired) electrons. The largest absolute Gasteiger partial charge is 0.389 e. The molecule has 0 saturated carbocycles. The standard InChI is InChI=1S/C7H9N5S3/c1-12(2)5-10-11-7(14-5)15-6-9-3-4(8)13-6/h3H,8H2,1-2H3. The number of nitrogens with zero attached hydrogens (tertiary/aromatic N) is 4. The maximum atomic E-state index is 5.59. The van der Waals surface area contributed by atoms with Crippen molar-refractivity contribution in [3.8, 4) is 0 Å². The number of thiazole rings is 1. The van der Waals surface area contributed by atoms with Gasteiger partial charge in [0.2, 0.25) is 5.13 Å².